The van der Waals surface area contributed by atoms with E-state index in [0.717, 1.165) is 10.0 Å². The Morgan fingerprint density at radius 1 is 1.00 bits per heavy atom. The molecule has 2 N–H and O–H groups in total. The quantitative estimate of drug-likeness (QED) is 0.607. The summed E-state index contributed by atoms with van der Waals surface area (Å²) in [7, 11) is 1.50. The average Bonchev–Trinajstić information content (AvgIpc) is 3.18. The van der Waals surface area contributed by atoms with Gasteiger partial charge < -0.3 is 19.8 Å². The Bertz CT molecular complexity index is 984. The van der Waals surface area contributed by atoms with Crippen LogP contribution in [-0.4, -0.2) is 18.9 Å². The summed E-state index contributed by atoms with van der Waals surface area (Å²) in [5, 5.41) is 5.58. The number of aryl methyl sites for hydroxylation is 1. The van der Waals surface area contributed by atoms with Crippen molar-refractivity contribution in [1.82, 2.24) is 0 Å². The first-order valence-electron chi connectivity index (χ1n) is 8.08. The maximum atomic E-state index is 12.8. The summed E-state index contributed by atoms with van der Waals surface area (Å²) in [5.74, 6) is -0.127. The number of anilines is 2. The molecular weight excluding hydrogens is 412 g/mol. The van der Waals surface area contributed by atoms with Crippen molar-refractivity contribution in [3.05, 3.63) is 76.2 Å². The monoisotopic (exact) mass is 428 g/mol. The number of furan rings is 1. The number of benzene rings is 2. The molecular formula is C20H17BrN2O4. The van der Waals surface area contributed by atoms with Crippen LogP contribution >= 0.6 is 15.9 Å². The number of carbonyl (C=O) groups excluding carboxylic acids is 2. The van der Waals surface area contributed by atoms with Gasteiger partial charge in [0.05, 0.1) is 30.3 Å². The van der Waals surface area contributed by atoms with Gasteiger partial charge in [0.25, 0.3) is 11.8 Å². The lowest BCUT2D eigenvalue weighted by Gasteiger charge is -2.14. The Kier molecular flexibility index (Phi) is 5.61. The lowest BCUT2D eigenvalue weighted by atomic mass is 10.1. The first kappa shape index (κ1) is 18.7. The van der Waals surface area contributed by atoms with Gasteiger partial charge in [-0.15, -0.1) is 0 Å². The number of hydrogen-bond acceptors (Lipinski definition) is 4. The van der Waals surface area contributed by atoms with Gasteiger partial charge in [-0.1, -0.05) is 22.0 Å². The molecule has 0 radical (unpaired) electrons. The molecule has 3 aromatic rings. The van der Waals surface area contributed by atoms with E-state index in [1.807, 2.05) is 13.0 Å². The molecule has 0 fully saturated rings. The standard InChI is InChI=1S/C20H17BrN2O4/c1-12-5-7-15(22-20(25)18-4-3-9-27-18)16(10-12)23-19(24)14-11-13(21)6-8-17(14)26-2/h3-11H,1-2H3,(H,22,25)(H,23,24). The van der Waals surface area contributed by atoms with E-state index in [4.69, 9.17) is 9.15 Å². The third-order valence-corrected chi connectivity index (χ3v) is 4.32. The molecule has 7 heteroatoms. The van der Waals surface area contributed by atoms with Crippen molar-refractivity contribution in [2.75, 3.05) is 17.7 Å². The number of nitrogens with one attached hydrogen (secondary N) is 2. The summed E-state index contributed by atoms with van der Waals surface area (Å²) in [6.07, 6.45) is 1.42. The second kappa shape index (κ2) is 8.09. The number of methoxy groups -OCH3 is 1. The Hall–Kier alpha value is -3.06. The lowest BCUT2D eigenvalue weighted by molar-refractivity contribution is 0.0993. The van der Waals surface area contributed by atoms with Crippen molar-refractivity contribution in [2.45, 2.75) is 6.92 Å². The third kappa shape index (κ3) is 4.38. The van der Waals surface area contributed by atoms with E-state index < -0.39 is 5.91 Å². The summed E-state index contributed by atoms with van der Waals surface area (Å²) < 4.78 is 11.1. The number of halogens is 1. The molecule has 0 aliphatic rings. The Balaban J connectivity index is 1.88. The van der Waals surface area contributed by atoms with Gasteiger partial charge in [-0.25, -0.2) is 0 Å². The average molecular weight is 429 g/mol. The molecule has 27 heavy (non-hydrogen) atoms. The molecule has 1 aromatic heterocycles. The number of amides is 2. The largest absolute Gasteiger partial charge is 0.496 e. The summed E-state index contributed by atoms with van der Waals surface area (Å²) in [6, 6.07) is 13.7. The first-order chi connectivity index (χ1) is 13.0. The van der Waals surface area contributed by atoms with Crippen LogP contribution in [0.5, 0.6) is 5.75 Å². The predicted molar refractivity (Wildman–Crippen MR) is 106 cm³/mol. The minimum Gasteiger partial charge on any atom is -0.496 e. The van der Waals surface area contributed by atoms with E-state index in [1.54, 1.807) is 42.5 Å². The third-order valence-electron chi connectivity index (χ3n) is 3.82. The minimum atomic E-state index is -0.403. The normalized spacial score (nSPS) is 10.3. The van der Waals surface area contributed by atoms with Gasteiger partial charge in [-0.3, -0.25) is 9.59 Å². The van der Waals surface area contributed by atoms with Crippen LogP contribution < -0.4 is 15.4 Å². The van der Waals surface area contributed by atoms with Gasteiger partial charge in [-0.05, 0) is 55.0 Å². The van der Waals surface area contributed by atoms with Gasteiger partial charge in [0.1, 0.15) is 5.75 Å². The molecule has 0 saturated carbocycles. The number of rotatable bonds is 5. The maximum Gasteiger partial charge on any atom is 0.291 e. The van der Waals surface area contributed by atoms with Gasteiger partial charge >= 0.3 is 0 Å². The minimum absolute atomic E-state index is 0.182. The fourth-order valence-electron chi connectivity index (χ4n) is 2.51. The number of hydrogen-bond donors (Lipinski definition) is 2. The molecule has 1 heterocycles. The Morgan fingerprint density at radius 3 is 2.48 bits per heavy atom. The molecule has 0 atom stereocenters. The zero-order valence-corrected chi connectivity index (χ0v) is 16.3. The molecule has 0 bridgehead atoms. The van der Waals surface area contributed by atoms with Crippen molar-refractivity contribution in [3.63, 3.8) is 0 Å². The number of ether oxygens (including phenoxy) is 1. The van der Waals surface area contributed by atoms with Crippen molar-refractivity contribution < 1.29 is 18.7 Å². The van der Waals surface area contributed by atoms with Crippen LogP contribution in [0.2, 0.25) is 0 Å². The van der Waals surface area contributed by atoms with Crippen LogP contribution in [0, 0.1) is 6.92 Å². The van der Waals surface area contributed by atoms with Crippen LogP contribution in [0.1, 0.15) is 26.5 Å². The number of carbonyl (C=O) groups is 2. The van der Waals surface area contributed by atoms with Crippen LogP contribution in [0.25, 0.3) is 0 Å². The second-order valence-corrected chi connectivity index (χ2v) is 6.69. The van der Waals surface area contributed by atoms with Crippen molar-refractivity contribution in [1.29, 1.82) is 0 Å². The molecule has 0 saturated heterocycles. The highest BCUT2D eigenvalue weighted by molar-refractivity contribution is 9.10. The van der Waals surface area contributed by atoms with E-state index in [2.05, 4.69) is 26.6 Å². The van der Waals surface area contributed by atoms with Crippen molar-refractivity contribution in [3.8, 4) is 5.75 Å². The molecule has 0 unspecified atom stereocenters. The summed E-state index contributed by atoms with van der Waals surface area (Å²) in [5.41, 5.74) is 2.24. The van der Waals surface area contributed by atoms with Crippen LogP contribution in [-0.2, 0) is 0 Å². The second-order valence-electron chi connectivity index (χ2n) is 5.78. The zero-order valence-electron chi connectivity index (χ0n) is 14.7. The van der Waals surface area contributed by atoms with Crippen molar-refractivity contribution in [2.24, 2.45) is 0 Å². The van der Waals surface area contributed by atoms with Gasteiger partial charge in [0.15, 0.2) is 5.76 Å². The van der Waals surface area contributed by atoms with Gasteiger partial charge in [-0.2, -0.15) is 0 Å². The summed E-state index contributed by atoms with van der Waals surface area (Å²) >= 11 is 3.36. The highest BCUT2D eigenvalue weighted by atomic mass is 79.9. The predicted octanol–water partition coefficient (Wildman–Crippen LogP) is 4.86. The molecule has 2 amide bonds. The Labute approximate surface area is 164 Å². The molecule has 6 nitrogen and oxygen atoms in total. The van der Waals surface area contributed by atoms with Gasteiger partial charge in [0, 0.05) is 4.47 Å². The van der Waals surface area contributed by atoms with Crippen molar-refractivity contribution >= 4 is 39.1 Å². The molecule has 3 rings (SSSR count). The molecule has 2 aromatic carbocycles. The van der Waals surface area contributed by atoms with E-state index in [1.165, 1.54) is 13.4 Å². The molecule has 0 spiro atoms. The van der Waals surface area contributed by atoms with Crippen LogP contribution in [0.4, 0.5) is 11.4 Å². The van der Waals surface area contributed by atoms with E-state index >= 15 is 0 Å². The first-order valence-corrected chi connectivity index (χ1v) is 8.87. The topological polar surface area (TPSA) is 80.6 Å². The fraction of sp³-hybridized carbons (Fsp3) is 0.100. The van der Waals surface area contributed by atoms with Crippen LogP contribution in [0.15, 0.2) is 63.7 Å². The zero-order chi connectivity index (χ0) is 19.4. The van der Waals surface area contributed by atoms with E-state index in [-0.39, 0.29) is 11.7 Å². The molecule has 138 valence electrons. The van der Waals surface area contributed by atoms with E-state index in [9.17, 15) is 9.59 Å². The molecule has 0 aliphatic carbocycles. The maximum absolute atomic E-state index is 12.8. The summed E-state index contributed by atoms with van der Waals surface area (Å²) in [4.78, 5) is 25.1. The Morgan fingerprint density at radius 2 is 1.78 bits per heavy atom. The fourth-order valence-corrected chi connectivity index (χ4v) is 2.87. The highest BCUT2D eigenvalue weighted by Gasteiger charge is 2.17. The smallest absolute Gasteiger partial charge is 0.291 e. The van der Waals surface area contributed by atoms with Gasteiger partial charge in [0.2, 0.25) is 0 Å². The SMILES string of the molecule is COc1ccc(Br)cc1C(=O)Nc1cc(C)ccc1NC(=O)c1ccco1. The summed E-state index contributed by atoms with van der Waals surface area (Å²) in [6.45, 7) is 1.90. The van der Waals surface area contributed by atoms with Crippen LogP contribution in [0.3, 0.4) is 0 Å². The highest BCUT2D eigenvalue weighted by Crippen LogP contribution is 2.28. The molecule has 0 aliphatic heterocycles. The van der Waals surface area contributed by atoms with E-state index in [0.29, 0.717) is 22.7 Å². The lowest BCUT2D eigenvalue weighted by Crippen LogP contribution is -2.17.